The summed E-state index contributed by atoms with van der Waals surface area (Å²) < 4.78 is 29.0. The summed E-state index contributed by atoms with van der Waals surface area (Å²) in [7, 11) is 0. The van der Waals surface area contributed by atoms with Crippen molar-refractivity contribution in [2.75, 3.05) is 12.3 Å². The number of halogens is 2. The number of anilines is 1. The average molecular weight is 479 g/mol. The van der Waals surface area contributed by atoms with Crippen molar-refractivity contribution in [1.82, 2.24) is 24.8 Å². The Hall–Kier alpha value is -4.26. The topological polar surface area (TPSA) is 106 Å². The van der Waals surface area contributed by atoms with Crippen LogP contribution < -0.4 is 11.1 Å². The fraction of sp³-hybridized carbons (Fsp3) is 0.280. The van der Waals surface area contributed by atoms with Gasteiger partial charge in [-0.1, -0.05) is 12.5 Å². The molecule has 2 atom stereocenters. The number of fused-ring (bicyclic) bond motifs is 1. The minimum Gasteiger partial charge on any atom is -0.383 e. The monoisotopic (exact) mass is 478 g/mol. The van der Waals surface area contributed by atoms with Crippen molar-refractivity contribution in [3.05, 3.63) is 65.6 Å². The van der Waals surface area contributed by atoms with Gasteiger partial charge in [-0.25, -0.2) is 18.7 Å². The van der Waals surface area contributed by atoms with E-state index in [9.17, 15) is 18.4 Å². The number of aromatic nitrogens is 3. The fourth-order valence-electron chi connectivity index (χ4n) is 4.57. The molecule has 0 aliphatic carbocycles. The summed E-state index contributed by atoms with van der Waals surface area (Å²) >= 11 is 0. The van der Waals surface area contributed by atoms with Gasteiger partial charge in [0.2, 0.25) is 5.91 Å². The second-order valence-corrected chi connectivity index (χ2v) is 8.32. The predicted octanol–water partition coefficient (Wildman–Crippen LogP) is 2.94. The van der Waals surface area contributed by atoms with Gasteiger partial charge < -0.3 is 20.5 Å². The lowest BCUT2D eigenvalue weighted by atomic mass is 10.1. The van der Waals surface area contributed by atoms with E-state index in [1.54, 1.807) is 11.8 Å². The van der Waals surface area contributed by atoms with Gasteiger partial charge in [0.15, 0.2) is 0 Å². The Bertz CT molecular complexity index is 1380. The molecule has 0 spiro atoms. The van der Waals surface area contributed by atoms with Gasteiger partial charge in [-0.2, -0.15) is 0 Å². The molecule has 0 radical (unpaired) electrons. The lowest BCUT2D eigenvalue weighted by Gasteiger charge is -2.19. The Morgan fingerprint density at radius 3 is 2.66 bits per heavy atom. The number of benzene rings is 1. The number of carbonyl (C=O) groups excluding carboxylic acids is 2. The Morgan fingerprint density at radius 2 is 2.00 bits per heavy atom. The van der Waals surface area contributed by atoms with E-state index in [0.717, 1.165) is 18.2 Å². The zero-order valence-electron chi connectivity index (χ0n) is 19.3. The third-order valence-electron chi connectivity index (χ3n) is 6.03. The van der Waals surface area contributed by atoms with Gasteiger partial charge in [0.05, 0.1) is 17.0 Å². The first-order valence-corrected chi connectivity index (χ1v) is 11.0. The summed E-state index contributed by atoms with van der Waals surface area (Å²) in [6.45, 7) is 7.41. The van der Waals surface area contributed by atoms with E-state index >= 15 is 0 Å². The van der Waals surface area contributed by atoms with Crippen molar-refractivity contribution in [2.24, 2.45) is 0 Å². The van der Waals surface area contributed by atoms with Crippen LogP contribution in [0.5, 0.6) is 0 Å². The SMILES string of the molecule is C=CC(=O)N1CC(n2c(C#CC)c(C(=O)NCc3cc(F)cc(F)c3)c3c(N)ncnc32)CC1C. The smallest absolute Gasteiger partial charge is 0.255 e. The van der Waals surface area contributed by atoms with Crippen LogP contribution in [0.2, 0.25) is 0 Å². The summed E-state index contributed by atoms with van der Waals surface area (Å²) in [4.78, 5) is 35.9. The fourth-order valence-corrected chi connectivity index (χ4v) is 4.57. The van der Waals surface area contributed by atoms with Crippen LogP contribution in [0.1, 0.15) is 47.9 Å². The van der Waals surface area contributed by atoms with E-state index in [1.165, 1.54) is 12.4 Å². The van der Waals surface area contributed by atoms with Crippen LogP contribution in [0, 0.1) is 23.5 Å². The first-order valence-electron chi connectivity index (χ1n) is 11.0. The van der Waals surface area contributed by atoms with Crippen LogP contribution >= 0.6 is 0 Å². The van der Waals surface area contributed by atoms with Gasteiger partial charge in [-0.05, 0) is 50.0 Å². The van der Waals surface area contributed by atoms with Crippen molar-refractivity contribution in [2.45, 2.75) is 38.9 Å². The average Bonchev–Trinajstić information content (AvgIpc) is 3.35. The minimum absolute atomic E-state index is 0.0651. The van der Waals surface area contributed by atoms with Crippen LogP contribution in [0.4, 0.5) is 14.6 Å². The van der Waals surface area contributed by atoms with Crippen molar-refractivity contribution in [1.29, 1.82) is 0 Å². The molecule has 1 aromatic carbocycles. The molecule has 2 unspecified atom stereocenters. The van der Waals surface area contributed by atoms with Gasteiger partial charge in [0, 0.05) is 25.2 Å². The van der Waals surface area contributed by atoms with Gasteiger partial charge >= 0.3 is 0 Å². The molecule has 4 rings (SSSR count). The van der Waals surface area contributed by atoms with Crippen molar-refractivity contribution >= 4 is 28.7 Å². The summed E-state index contributed by atoms with van der Waals surface area (Å²) in [6, 6.07) is 2.75. The first-order chi connectivity index (χ1) is 16.7. The summed E-state index contributed by atoms with van der Waals surface area (Å²) in [5.41, 5.74) is 7.40. The molecule has 2 amide bonds. The van der Waals surface area contributed by atoms with E-state index in [2.05, 4.69) is 33.7 Å². The molecule has 1 aliphatic heterocycles. The van der Waals surface area contributed by atoms with Gasteiger partial charge in [-0.3, -0.25) is 9.59 Å². The standard InChI is InChI=1S/C25H24F2N6O2/c1-4-6-19-21(25(35)29-11-15-8-16(26)10-17(27)9-15)22-23(28)30-13-31-24(22)33(19)18-7-14(3)32(12-18)20(34)5-2/h5,8-10,13-14,18H,2,7,11-12H2,1,3H3,(H,29,35)(H2,28,30,31). The highest BCUT2D eigenvalue weighted by Crippen LogP contribution is 2.36. The predicted molar refractivity (Wildman–Crippen MR) is 127 cm³/mol. The number of amides is 2. The van der Waals surface area contributed by atoms with E-state index in [-0.39, 0.29) is 41.5 Å². The molecule has 2 aromatic heterocycles. The third kappa shape index (κ3) is 4.45. The van der Waals surface area contributed by atoms with Gasteiger partial charge in [0.1, 0.15) is 35.1 Å². The Balaban J connectivity index is 1.79. The quantitative estimate of drug-likeness (QED) is 0.433. The highest BCUT2D eigenvalue weighted by atomic mass is 19.1. The van der Waals surface area contributed by atoms with Crippen LogP contribution in [-0.4, -0.2) is 43.8 Å². The molecule has 3 heterocycles. The zero-order chi connectivity index (χ0) is 25.3. The molecule has 3 N–H and O–H groups in total. The van der Waals surface area contributed by atoms with E-state index < -0.39 is 17.5 Å². The number of nitrogens with one attached hydrogen (secondary N) is 1. The van der Waals surface area contributed by atoms with Gasteiger partial charge in [0.25, 0.3) is 5.91 Å². The number of hydrogen-bond donors (Lipinski definition) is 2. The molecule has 0 bridgehead atoms. The highest BCUT2D eigenvalue weighted by molar-refractivity contribution is 6.11. The van der Waals surface area contributed by atoms with E-state index in [4.69, 9.17) is 5.73 Å². The largest absolute Gasteiger partial charge is 0.383 e. The second kappa shape index (κ2) is 9.54. The van der Waals surface area contributed by atoms with Crippen LogP contribution in [0.25, 0.3) is 11.0 Å². The Labute approximate surface area is 200 Å². The molecule has 0 saturated carbocycles. The number of rotatable bonds is 5. The van der Waals surface area contributed by atoms with Gasteiger partial charge in [-0.15, -0.1) is 0 Å². The summed E-state index contributed by atoms with van der Waals surface area (Å²) in [5.74, 6) is 3.72. The minimum atomic E-state index is -0.741. The molecule has 1 fully saturated rings. The van der Waals surface area contributed by atoms with E-state index in [0.29, 0.717) is 29.7 Å². The number of likely N-dealkylation sites (tertiary alicyclic amines) is 1. The second-order valence-electron chi connectivity index (χ2n) is 8.32. The van der Waals surface area contributed by atoms with Crippen molar-refractivity contribution < 1.29 is 18.4 Å². The molecule has 35 heavy (non-hydrogen) atoms. The number of nitrogens with zero attached hydrogens (tertiary/aromatic N) is 4. The molecular formula is C25H24F2N6O2. The zero-order valence-corrected chi connectivity index (χ0v) is 19.3. The lowest BCUT2D eigenvalue weighted by molar-refractivity contribution is -0.126. The normalized spacial score (nSPS) is 17.2. The Kier molecular flexibility index (Phi) is 6.51. The number of hydrogen-bond acceptors (Lipinski definition) is 5. The molecular weight excluding hydrogens is 454 g/mol. The maximum absolute atomic E-state index is 13.6. The maximum Gasteiger partial charge on any atom is 0.255 e. The molecule has 8 nitrogen and oxygen atoms in total. The number of nitrogens with two attached hydrogens (primary N) is 1. The van der Waals surface area contributed by atoms with Crippen LogP contribution in [-0.2, 0) is 11.3 Å². The van der Waals surface area contributed by atoms with Crippen molar-refractivity contribution in [3.63, 3.8) is 0 Å². The van der Waals surface area contributed by atoms with Crippen molar-refractivity contribution in [3.8, 4) is 11.8 Å². The highest BCUT2D eigenvalue weighted by Gasteiger charge is 2.36. The summed E-state index contributed by atoms with van der Waals surface area (Å²) in [6.07, 6.45) is 3.18. The number of nitrogen functional groups attached to an aromatic ring is 1. The van der Waals surface area contributed by atoms with E-state index in [1.807, 2.05) is 11.5 Å². The molecule has 1 aliphatic rings. The number of carbonyl (C=O) groups is 2. The lowest BCUT2D eigenvalue weighted by Crippen LogP contribution is -2.32. The molecule has 10 heteroatoms. The Morgan fingerprint density at radius 1 is 1.29 bits per heavy atom. The first kappa shape index (κ1) is 23.9. The molecule has 180 valence electrons. The van der Waals surface area contributed by atoms with Crippen LogP contribution in [0.15, 0.2) is 37.2 Å². The van der Waals surface area contributed by atoms with Crippen LogP contribution in [0.3, 0.4) is 0 Å². The molecule has 1 saturated heterocycles. The summed E-state index contributed by atoms with van der Waals surface area (Å²) in [5, 5.41) is 3.02. The molecule has 3 aromatic rings. The maximum atomic E-state index is 13.6. The third-order valence-corrected chi connectivity index (χ3v) is 6.03.